The average Bonchev–Trinajstić information content (AvgIpc) is 3.47. The minimum Gasteiger partial charge on any atom is -0.503 e. The molecule has 4 aromatic rings. The van der Waals surface area contributed by atoms with Gasteiger partial charge in [0, 0.05) is 23.5 Å². The second kappa shape index (κ2) is 9.85. The lowest BCUT2D eigenvalue weighted by molar-refractivity contribution is -0.117. The fraction of sp³-hybridized carbons (Fsp3) is 0.172. The molecule has 9 nitrogen and oxygen atoms in total. The predicted octanol–water partition coefficient (Wildman–Crippen LogP) is 5.18. The lowest BCUT2D eigenvalue weighted by atomic mass is 9.95. The quantitative estimate of drug-likeness (QED) is 0.266. The predicted molar refractivity (Wildman–Crippen MR) is 138 cm³/mol. The Kier molecular flexibility index (Phi) is 6.42. The van der Waals surface area contributed by atoms with Crippen LogP contribution in [0.25, 0.3) is 11.0 Å². The Bertz CT molecular complexity index is 1570. The molecular weight excluding hydrogens is 488 g/mol. The Morgan fingerprint density at radius 3 is 2.42 bits per heavy atom. The zero-order valence-electron chi connectivity index (χ0n) is 20.9. The first-order valence-corrected chi connectivity index (χ1v) is 11.9. The van der Waals surface area contributed by atoms with Crippen LogP contribution < -0.4 is 9.64 Å². The van der Waals surface area contributed by atoms with E-state index in [1.807, 2.05) is 0 Å². The Hall–Kier alpha value is -4.92. The van der Waals surface area contributed by atoms with Gasteiger partial charge in [0.2, 0.25) is 5.78 Å². The first kappa shape index (κ1) is 24.8. The Morgan fingerprint density at radius 1 is 1.05 bits per heavy atom. The summed E-state index contributed by atoms with van der Waals surface area (Å²) in [6.45, 7) is 3.50. The van der Waals surface area contributed by atoms with Crippen LogP contribution in [-0.4, -0.2) is 41.0 Å². The molecule has 1 unspecified atom stereocenters. The van der Waals surface area contributed by atoms with Crippen LogP contribution in [0.3, 0.4) is 0 Å². The molecule has 1 atom stereocenters. The summed E-state index contributed by atoms with van der Waals surface area (Å²) >= 11 is 0. The molecule has 9 heteroatoms. The number of fused-ring (bicyclic) bond motifs is 1. The van der Waals surface area contributed by atoms with Crippen LogP contribution in [0.1, 0.15) is 46.4 Å². The van der Waals surface area contributed by atoms with Gasteiger partial charge >= 0.3 is 5.97 Å². The molecule has 0 saturated carbocycles. The summed E-state index contributed by atoms with van der Waals surface area (Å²) in [6, 6.07) is 15.3. The molecule has 192 valence electrons. The Labute approximate surface area is 217 Å². The zero-order valence-corrected chi connectivity index (χ0v) is 20.9. The van der Waals surface area contributed by atoms with Crippen LogP contribution >= 0.6 is 0 Å². The van der Waals surface area contributed by atoms with E-state index in [0.29, 0.717) is 33.5 Å². The molecule has 2 aromatic carbocycles. The highest BCUT2D eigenvalue weighted by atomic mass is 16.5. The number of hydrogen-bond acceptors (Lipinski definition) is 8. The molecule has 1 aliphatic rings. The number of aromatic nitrogens is 1. The van der Waals surface area contributed by atoms with Gasteiger partial charge in [0.05, 0.1) is 30.4 Å². The SMILES string of the molecule is COc1cccc2cc(C(=O)C3=C(O)C(=O)N(c4ccc(C(=O)OC(C)C)cc4)C3c3ccncc3)oc12. The van der Waals surface area contributed by atoms with Crippen molar-refractivity contribution >= 4 is 34.3 Å². The molecule has 0 spiro atoms. The number of anilines is 1. The number of benzene rings is 2. The van der Waals surface area contributed by atoms with Gasteiger partial charge in [-0.3, -0.25) is 19.5 Å². The maximum Gasteiger partial charge on any atom is 0.338 e. The topological polar surface area (TPSA) is 119 Å². The Morgan fingerprint density at radius 2 is 1.76 bits per heavy atom. The van der Waals surface area contributed by atoms with E-state index >= 15 is 0 Å². The van der Waals surface area contributed by atoms with Gasteiger partial charge in [0.15, 0.2) is 22.9 Å². The first-order valence-electron chi connectivity index (χ1n) is 11.9. The van der Waals surface area contributed by atoms with Gasteiger partial charge in [-0.1, -0.05) is 12.1 Å². The average molecular weight is 513 g/mol. The van der Waals surface area contributed by atoms with Gasteiger partial charge in [0.25, 0.3) is 5.91 Å². The van der Waals surface area contributed by atoms with E-state index < -0.39 is 29.5 Å². The molecule has 1 N–H and O–H groups in total. The van der Waals surface area contributed by atoms with E-state index in [2.05, 4.69) is 4.98 Å². The molecule has 1 aliphatic heterocycles. The van der Waals surface area contributed by atoms with Crippen molar-refractivity contribution in [2.24, 2.45) is 0 Å². The number of aliphatic hydroxyl groups is 1. The largest absolute Gasteiger partial charge is 0.503 e. The molecular formula is C29H24N2O7. The van der Waals surface area contributed by atoms with E-state index in [1.54, 1.807) is 62.4 Å². The van der Waals surface area contributed by atoms with Crippen molar-refractivity contribution in [1.82, 2.24) is 4.98 Å². The van der Waals surface area contributed by atoms with Crippen LogP contribution in [0.15, 0.2) is 88.8 Å². The fourth-order valence-corrected chi connectivity index (χ4v) is 4.45. The number of ketones is 1. The lowest BCUT2D eigenvalue weighted by Crippen LogP contribution is -2.31. The third kappa shape index (κ3) is 4.28. The van der Waals surface area contributed by atoms with Crippen LogP contribution in [0.4, 0.5) is 5.69 Å². The van der Waals surface area contributed by atoms with Crippen molar-refractivity contribution in [2.45, 2.75) is 26.0 Å². The first-order chi connectivity index (χ1) is 18.3. The number of rotatable bonds is 7. The summed E-state index contributed by atoms with van der Waals surface area (Å²) in [5, 5.41) is 11.6. The number of carbonyl (C=O) groups excluding carboxylic acids is 3. The molecule has 5 rings (SSSR count). The summed E-state index contributed by atoms with van der Waals surface area (Å²) in [4.78, 5) is 44.8. The van der Waals surface area contributed by atoms with E-state index in [4.69, 9.17) is 13.9 Å². The van der Waals surface area contributed by atoms with Crippen LogP contribution in [0, 0.1) is 0 Å². The number of methoxy groups -OCH3 is 1. The van der Waals surface area contributed by atoms with E-state index in [-0.39, 0.29) is 17.4 Å². The van der Waals surface area contributed by atoms with Gasteiger partial charge in [-0.2, -0.15) is 0 Å². The number of para-hydroxylation sites is 1. The maximum absolute atomic E-state index is 13.8. The van der Waals surface area contributed by atoms with E-state index in [0.717, 1.165) is 0 Å². The maximum atomic E-state index is 13.8. The molecule has 3 heterocycles. The number of nitrogens with zero attached hydrogens (tertiary/aromatic N) is 2. The summed E-state index contributed by atoms with van der Waals surface area (Å²) in [6.07, 6.45) is 2.78. The number of hydrogen-bond donors (Lipinski definition) is 1. The summed E-state index contributed by atoms with van der Waals surface area (Å²) < 4.78 is 16.4. The minimum atomic E-state index is -0.971. The van der Waals surface area contributed by atoms with Crippen molar-refractivity contribution in [3.05, 3.63) is 101 Å². The number of amides is 1. The van der Waals surface area contributed by atoms with Crippen molar-refractivity contribution in [2.75, 3.05) is 12.0 Å². The molecule has 0 aliphatic carbocycles. The highest BCUT2D eigenvalue weighted by Gasteiger charge is 2.45. The number of aliphatic hydroxyl groups excluding tert-OH is 1. The number of esters is 1. The number of carbonyl (C=O) groups is 3. The molecule has 2 aromatic heterocycles. The molecule has 0 fully saturated rings. The van der Waals surface area contributed by atoms with Crippen molar-refractivity contribution in [1.29, 1.82) is 0 Å². The molecule has 1 amide bonds. The summed E-state index contributed by atoms with van der Waals surface area (Å²) in [7, 11) is 1.49. The van der Waals surface area contributed by atoms with Crippen molar-refractivity contribution in [3.8, 4) is 5.75 Å². The fourth-order valence-electron chi connectivity index (χ4n) is 4.45. The van der Waals surface area contributed by atoms with E-state index in [9.17, 15) is 19.5 Å². The number of ether oxygens (including phenoxy) is 2. The minimum absolute atomic E-state index is 0.0495. The second-order valence-corrected chi connectivity index (χ2v) is 8.94. The van der Waals surface area contributed by atoms with E-state index in [1.165, 1.54) is 36.5 Å². The van der Waals surface area contributed by atoms with Gasteiger partial charge in [-0.25, -0.2) is 4.79 Å². The normalized spacial score (nSPS) is 15.4. The van der Waals surface area contributed by atoms with Gasteiger partial charge in [0.1, 0.15) is 0 Å². The lowest BCUT2D eigenvalue weighted by Gasteiger charge is -2.26. The third-order valence-corrected chi connectivity index (χ3v) is 6.15. The standard InChI is InChI=1S/C29H24N2O7/c1-16(2)37-29(35)18-7-9-20(10-8-18)31-24(17-11-13-30-14-12-17)23(26(33)28(31)34)25(32)22-15-19-5-4-6-21(36-3)27(19)38-22/h4-16,24,33H,1-3H3. The van der Waals surface area contributed by atoms with Crippen molar-refractivity contribution in [3.63, 3.8) is 0 Å². The highest BCUT2D eigenvalue weighted by Crippen LogP contribution is 2.42. The molecule has 0 radical (unpaired) electrons. The number of Topliss-reactive ketones (excluding diaryl/α,β-unsaturated/α-hetero) is 1. The summed E-state index contributed by atoms with van der Waals surface area (Å²) in [5.74, 6) is -2.19. The molecule has 0 bridgehead atoms. The van der Waals surface area contributed by atoms with Gasteiger partial charge in [-0.15, -0.1) is 0 Å². The monoisotopic (exact) mass is 512 g/mol. The van der Waals surface area contributed by atoms with Crippen molar-refractivity contribution < 1.29 is 33.4 Å². The number of furan rings is 1. The third-order valence-electron chi connectivity index (χ3n) is 6.15. The smallest absolute Gasteiger partial charge is 0.338 e. The molecule has 0 saturated heterocycles. The zero-order chi connectivity index (χ0) is 27.0. The van der Waals surface area contributed by atoms with Crippen LogP contribution in [0.5, 0.6) is 5.75 Å². The highest BCUT2D eigenvalue weighted by molar-refractivity contribution is 6.20. The van der Waals surface area contributed by atoms with Gasteiger partial charge < -0.3 is 19.0 Å². The van der Waals surface area contributed by atoms with Gasteiger partial charge in [-0.05, 0) is 67.9 Å². The van der Waals surface area contributed by atoms with Crippen LogP contribution in [0.2, 0.25) is 0 Å². The number of pyridine rings is 1. The molecule has 38 heavy (non-hydrogen) atoms. The summed E-state index contributed by atoms with van der Waals surface area (Å²) in [5.41, 5.74) is 1.47. The van der Waals surface area contributed by atoms with Crippen LogP contribution in [-0.2, 0) is 9.53 Å². The Balaban J connectivity index is 1.57. The second-order valence-electron chi connectivity index (χ2n) is 8.94.